The number of hydrogen-bond donors (Lipinski definition) is 0. The van der Waals surface area contributed by atoms with Crippen LogP contribution in [0.5, 0.6) is 0 Å². The maximum absolute atomic E-state index is 10.8. The largest absolute Gasteiger partial charge is 0.461 e. The average Bonchev–Trinajstić information content (AvgIpc) is 2.91. The van der Waals surface area contributed by atoms with Gasteiger partial charge in [-0.1, -0.05) is 25.2 Å². The van der Waals surface area contributed by atoms with Crippen LogP contribution in [0.15, 0.2) is 23.8 Å². The molecule has 0 aliphatic heterocycles. The fourth-order valence-corrected chi connectivity index (χ4v) is 3.86. The van der Waals surface area contributed by atoms with Gasteiger partial charge in [0.05, 0.1) is 0 Å². The van der Waals surface area contributed by atoms with Crippen molar-refractivity contribution in [3.8, 4) is 0 Å². The van der Waals surface area contributed by atoms with Crippen molar-refractivity contribution in [1.82, 2.24) is 0 Å². The molecule has 0 aromatic heterocycles. The third kappa shape index (κ3) is 2.93. The molecule has 2 rings (SSSR count). The van der Waals surface area contributed by atoms with E-state index in [2.05, 4.69) is 19.6 Å². The number of rotatable bonds is 5. The van der Waals surface area contributed by atoms with Crippen molar-refractivity contribution in [2.75, 3.05) is 6.61 Å². The summed E-state index contributed by atoms with van der Waals surface area (Å²) in [6.45, 7) is 10.7. The maximum Gasteiger partial charge on any atom is 0.302 e. The van der Waals surface area contributed by atoms with Gasteiger partial charge in [-0.3, -0.25) is 4.79 Å². The maximum atomic E-state index is 10.8. The third-order valence-electron chi connectivity index (χ3n) is 5.22. The Labute approximate surface area is 116 Å². The second-order valence-electron chi connectivity index (χ2n) is 6.52. The SMILES string of the molecule is C=C1C2CCC(C2)C1(C)CC/C=C(\C)COC(C)=O. The molecule has 2 aliphatic rings. The number of fused-ring (bicyclic) bond motifs is 2. The van der Waals surface area contributed by atoms with Gasteiger partial charge < -0.3 is 4.74 Å². The molecule has 0 amide bonds. The quantitative estimate of drug-likeness (QED) is 0.546. The van der Waals surface area contributed by atoms with Crippen molar-refractivity contribution in [3.63, 3.8) is 0 Å². The van der Waals surface area contributed by atoms with Crippen LogP contribution < -0.4 is 0 Å². The Hall–Kier alpha value is -1.05. The number of carbonyl (C=O) groups is 1. The Kier molecular flexibility index (Phi) is 4.17. The van der Waals surface area contributed by atoms with Crippen molar-refractivity contribution in [3.05, 3.63) is 23.8 Å². The molecule has 2 aliphatic carbocycles. The van der Waals surface area contributed by atoms with Gasteiger partial charge in [-0.05, 0) is 61.9 Å². The van der Waals surface area contributed by atoms with Crippen LogP contribution in [-0.4, -0.2) is 12.6 Å². The molecular weight excluding hydrogens is 236 g/mol. The van der Waals surface area contributed by atoms with Gasteiger partial charge in [0, 0.05) is 6.92 Å². The number of ether oxygens (including phenoxy) is 1. The molecule has 0 aromatic carbocycles. The predicted molar refractivity (Wildman–Crippen MR) is 77.7 cm³/mol. The van der Waals surface area contributed by atoms with Crippen LogP contribution in [0.2, 0.25) is 0 Å². The van der Waals surface area contributed by atoms with E-state index >= 15 is 0 Å². The van der Waals surface area contributed by atoms with E-state index < -0.39 is 0 Å². The van der Waals surface area contributed by atoms with Crippen molar-refractivity contribution in [2.24, 2.45) is 17.3 Å². The van der Waals surface area contributed by atoms with Gasteiger partial charge in [0.1, 0.15) is 6.61 Å². The van der Waals surface area contributed by atoms with E-state index in [0.717, 1.165) is 23.8 Å². The fraction of sp³-hybridized carbons (Fsp3) is 0.706. The van der Waals surface area contributed by atoms with Crippen LogP contribution in [0.1, 0.15) is 52.9 Å². The average molecular weight is 262 g/mol. The Morgan fingerprint density at radius 2 is 2.21 bits per heavy atom. The van der Waals surface area contributed by atoms with Crippen LogP contribution in [-0.2, 0) is 9.53 Å². The molecule has 2 nitrogen and oxygen atoms in total. The Balaban J connectivity index is 1.84. The third-order valence-corrected chi connectivity index (χ3v) is 5.22. The van der Waals surface area contributed by atoms with E-state index in [1.807, 2.05) is 6.92 Å². The smallest absolute Gasteiger partial charge is 0.302 e. The zero-order valence-corrected chi connectivity index (χ0v) is 12.5. The normalized spacial score (nSPS) is 33.8. The van der Waals surface area contributed by atoms with Crippen LogP contribution in [0.3, 0.4) is 0 Å². The first-order chi connectivity index (χ1) is 8.93. The summed E-state index contributed by atoms with van der Waals surface area (Å²) in [5.41, 5.74) is 2.99. The van der Waals surface area contributed by atoms with E-state index in [9.17, 15) is 4.79 Å². The number of esters is 1. The lowest BCUT2D eigenvalue weighted by atomic mass is 9.69. The molecule has 3 unspecified atom stereocenters. The second-order valence-corrected chi connectivity index (χ2v) is 6.52. The van der Waals surface area contributed by atoms with Gasteiger partial charge in [0.25, 0.3) is 0 Å². The highest BCUT2D eigenvalue weighted by atomic mass is 16.5. The summed E-state index contributed by atoms with van der Waals surface area (Å²) in [6, 6.07) is 0. The molecule has 0 spiro atoms. The lowest BCUT2D eigenvalue weighted by Crippen LogP contribution is -2.26. The summed E-state index contributed by atoms with van der Waals surface area (Å²) >= 11 is 0. The summed E-state index contributed by atoms with van der Waals surface area (Å²) in [7, 11) is 0. The van der Waals surface area contributed by atoms with Crippen LogP contribution in [0, 0.1) is 17.3 Å². The summed E-state index contributed by atoms with van der Waals surface area (Å²) < 4.78 is 5.00. The van der Waals surface area contributed by atoms with Gasteiger partial charge in [0.2, 0.25) is 0 Å². The molecule has 19 heavy (non-hydrogen) atoms. The second kappa shape index (κ2) is 5.52. The van der Waals surface area contributed by atoms with E-state index in [1.54, 1.807) is 0 Å². The lowest BCUT2D eigenvalue weighted by Gasteiger charge is -2.36. The van der Waals surface area contributed by atoms with Crippen molar-refractivity contribution in [1.29, 1.82) is 0 Å². The Bertz CT molecular complexity index is 407. The van der Waals surface area contributed by atoms with Gasteiger partial charge >= 0.3 is 5.97 Å². The molecular formula is C17H26O2. The summed E-state index contributed by atoms with van der Waals surface area (Å²) in [5, 5.41) is 0. The number of hydrogen-bond acceptors (Lipinski definition) is 2. The molecule has 0 saturated heterocycles. The summed E-state index contributed by atoms with van der Waals surface area (Å²) in [4.78, 5) is 10.8. The minimum atomic E-state index is -0.207. The molecule has 0 heterocycles. The van der Waals surface area contributed by atoms with Gasteiger partial charge in [0.15, 0.2) is 0 Å². The first-order valence-electron chi connectivity index (χ1n) is 7.41. The minimum absolute atomic E-state index is 0.207. The molecule has 0 radical (unpaired) electrons. The summed E-state index contributed by atoms with van der Waals surface area (Å²) in [5.74, 6) is 1.44. The number of carbonyl (C=O) groups excluding carboxylic acids is 1. The molecule has 0 N–H and O–H groups in total. The Morgan fingerprint density at radius 1 is 1.47 bits per heavy atom. The first kappa shape index (κ1) is 14.4. The van der Waals surface area contributed by atoms with E-state index in [-0.39, 0.29) is 5.97 Å². The van der Waals surface area contributed by atoms with Gasteiger partial charge in [-0.2, -0.15) is 0 Å². The lowest BCUT2D eigenvalue weighted by molar-refractivity contribution is -0.139. The zero-order valence-electron chi connectivity index (χ0n) is 12.5. The van der Waals surface area contributed by atoms with Crippen LogP contribution >= 0.6 is 0 Å². The van der Waals surface area contributed by atoms with Crippen LogP contribution in [0.4, 0.5) is 0 Å². The molecule has 2 fully saturated rings. The van der Waals surface area contributed by atoms with Crippen molar-refractivity contribution in [2.45, 2.75) is 52.9 Å². The minimum Gasteiger partial charge on any atom is -0.461 e. The molecule has 2 heteroatoms. The van der Waals surface area contributed by atoms with Crippen LogP contribution in [0.25, 0.3) is 0 Å². The Morgan fingerprint density at radius 3 is 2.79 bits per heavy atom. The summed E-state index contributed by atoms with van der Waals surface area (Å²) in [6.07, 6.45) is 8.58. The van der Waals surface area contributed by atoms with Gasteiger partial charge in [-0.15, -0.1) is 0 Å². The van der Waals surface area contributed by atoms with E-state index in [0.29, 0.717) is 12.0 Å². The van der Waals surface area contributed by atoms with Crippen molar-refractivity contribution < 1.29 is 9.53 Å². The van der Waals surface area contributed by atoms with Crippen molar-refractivity contribution >= 4 is 5.97 Å². The fourth-order valence-electron chi connectivity index (χ4n) is 3.86. The molecule has 2 saturated carbocycles. The predicted octanol–water partition coefficient (Wildman–Crippen LogP) is 4.27. The monoisotopic (exact) mass is 262 g/mol. The molecule has 0 aromatic rings. The molecule has 106 valence electrons. The van der Waals surface area contributed by atoms with Gasteiger partial charge in [-0.25, -0.2) is 0 Å². The molecule has 2 bridgehead atoms. The van der Waals surface area contributed by atoms with E-state index in [1.165, 1.54) is 38.2 Å². The highest BCUT2D eigenvalue weighted by Gasteiger charge is 2.49. The zero-order chi connectivity index (χ0) is 14.0. The highest BCUT2D eigenvalue weighted by Crippen LogP contribution is 2.60. The van der Waals surface area contributed by atoms with E-state index in [4.69, 9.17) is 4.74 Å². The number of allylic oxidation sites excluding steroid dienone is 2. The first-order valence-corrected chi connectivity index (χ1v) is 7.41. The standard InChI is InChI=1S/C17H26O2/c1-12(11-19-14(3)18)6-5-9-17(4)13(2)15-7-8-16(17)10-15/h6,15-16H,2,5,7-11H2,1,3-4H3/b12-6+. The molecule has 3 atom stereocenters. The topological polar surface area (TPSA) is 26.3 Å². The highest BCUT2D eigenvalue weighted by molar-refractivity contribution is 5.66.